The summed E-state index contributed by atoms with van der Waals surface area (Å²) in [5.74, 6) is 0. The van der Waals surface area contributed by atoms with E-state index in [1.165, 1.54) is 0 Å². The smallest absolute Gasteiger partial charge is 0.106 e. The number of hydrogen-bond acceptors (Lipinski definition) is 3. The largest absolute Gasteiger partial charge is 0.382 e. The lowest BCUT2D eigenvalue weighted by Crippen LogP contribution is -2.09. The third-order valence-corrected chi connectivity index (χ3v) is 1.03. The molecule has 0 aliphatic rings. The molecule has 11 heavy (non-hydrogen) atoms. The lowest BCUT2D eigenvalue weighted by atomic mass is 10.7. The van der Waals surface area contributed by atoms with Crippen LogP contribution in [0.3, 0.4) is 0 Å². The highest BCUT2D eigenvalue weighted by Gasteiger charge is 1.88. The van der Waals surface area contributed by atoms with E-state index in [9.17, 15) is 5.11 Å². The van der Waals surface area contributed by atoms with Gasteiger partial charge in [0.2, 0.25) is 0 Å². The number of methoxy groups -OCH3 is 1. The first kappa shape index (κ1) is 10.8. The minimum atomic E-state index is -0.182. The fourth-order valence-electron chi connectivity index (χ4n) is 0.523. The van der Waals surface area contributed by atoms with Crippen molar-refractivity contribution in [1.82, 2.24) is 0 Å². The normalized spacial score (nSPS) is 10.4. The summed E-state index contributed by atoms with van der Waals surface area (Å²) < 4.78 is 14.7. The topological polar surface area (TPSA) is 47.6 Å². The average molecular weight is 163 g/mol. The van der Waals surface area contributed by atoms with E-state index < -0.39 is 0 Å². The van der Waals surface area contributed by atoms with E-state index in [2.05, 4.69) is 0 Å². The van der Waals surface area contributed by atoms with E-state index in [1.54, 1.807) is 7.11 Å². The van der Waals surface area contributed by atoms with Gasteiger partial charge in [0.25, 0.3) is 0 Å². The predicted octanol–water partition coefficient (Wildman–Crippen LogP) is 0.0965. The fourth-order valence-corrected chi connectivity index (χ4v) is 0.523. The van der Waals surface area contributed by atoms with Crippen molar-refractivity contribution in [2.24, 2.45) is 0 Å². The maximum absolute atomic E-state index is 9.88. The van der Waals surface area contributed by atoms with Crippen LogP contribution in [0.2, 0.25) is 0 Å². The second-order valence-corrected chi connectivity index (χ2v) is 1.92. The third kappa shape index (κ3) is 9.84. The van der Waals surface area contributed by atoms with Gasteiger partial charge in [0.1, 0.15) is 6.61 Å². The molecular weight excluding hydrogens is 148 g/mol. The van der Waals surface area contributed by atoms with E-state index in [4.69, 9.17) is 14.2 Å². The van der Waals surface area contributed by atoms with Crippen LogP contribution in [-0.2, 0) is 19.3 Å². The molecule has 67 valence electrons. The highest BCUT2D eigenvalue weighted by atomic mass is 16.5. The van der Waals surface area contributed by atoms with Crippen molar-refractivity contribution in [2.45, 2.75) is 0 Å². The first-order valence-electron chi connectivity index (χ1n) is 3.64. The molecule has 0 aliphatic carbocycles. The first-order valence-corrected chi connectivity index (χ1v) is 3.64. The van der Waals surface area contributed by atoms with E-state index >= 15 is 0 Å². The number of hydrogen-bond donors (Lipinski definition) is 0. The van der Waals surface area contributed by atoms with Gasteiger partial charge in [-0.15, -0.1) is 0 Å². The minimum absolute atomic E-state index is 0.182. The Kier molecular flexibility index (Phi) is 9.70. The summed E-state index contributed by atoms with van der Waals surface area (Å²) in [6.45, 7) is 2.29. The van der Waals surface area contributed by atoms with Crippen LogP contribution in [0.4, 0.5) is 0 Å². The van der Waals surface area contributed by atoms with Crippen molar-refractivity contribution in [1.29, 1.82) is 0 Å². The zero-order valence-corrected chi connectivity index (χ0v) is 6.88. The second-order valence-electron chi connectivity index (χ2n) is 1.92. The van der Waals surface area contributed by atoms with Gasteiger partial charge in [0.15, 0.2) is 0 Å². The molecule has 0 aromatic heterocycles. The Morgan fingerprint density at radius 2 is 1.45 bits per heavy atom. The van der Waals surface area contributed by atoms with Gasteiger partial charge in [-0.05, 0) is 0 Å². The Labute approximate surface area is 67.1 Å². The molecule has 0 N–H and O–H groups in total. The third-order valence-electron chi connectivity index (χ3n) is 1.03. The molecule has 0 aromatic carbocycles. The molecule has 4 heteroatoms. The summed E-state index contributed by atoms with van der Waals surface area (Å²) >= 11 is 0. The first-order chi connectivity index (χ1) is 5.41. The molecule has 0 saturated heterocycles. The van der Waals surface area contributed by atoms with Crippen molar-refractivity contribution in [3.8, 4) is 0 Å². The molecule has 0 fully saturated rings. The quantitative estimate of drug-likeness (QED) is 0.477. The van der Waals surface area contributed by atoms with Crippen molar-refractivity contribution in [3.05, 3.63) is 0 Å². The molecule has 0 aromatic rings. The van der Waals surface area contributed by atoms with Gasteiger partial charge in [-0.3, -0.25) is 0 Å². The molecule has 0 rings (SSSR count). The Balaban J connectivity index is 2.69. The predicted molar refractivity (Wildman–Crippen MR) is 39.1 cm³/mol. The van der Waals surface area contributed by atoms with Gasteiger partial charge >= 0.3 is 0 Å². The molecule has 0 atom stereocenters. The molecule has 0 bridgehead atoms. The summed E-state index contributed by atoms with van der Waals surface area (Å²) in [6.07, 6.45) is 0. The van der Waals surface area contributed by atoms with E-state index in [0.717, 1.165) is 0 Å². The van der Waals surface area contributed by atoms with Crippen LogP contribution in [0.15, 0.2) is 0 Å². The van der Waals surface area contributed by atoms with Crippen LogP contribution in [0.5, 0.6) is 0 Å². The van der Waals surface area contributed by atoms with Gasteiger partial charge in [0.05, 0.1) is 33.0 Å². The van der Waals surface area contributed by atoms with Crippen LogP contribution < -0.4 is 0 Å². The van der Waals surface area contributed by atoms with E-state index in [-0.39, 0.29) is 13.2 Å². The molecular formula is C7H15O4. The Hall–Kier alpha value is -0.160. The highest BCUT2D eigenvalue weighted by molar-refractivity contribution is 4.31. The Morgan fingerprint density at radius 1 is 0.909 bits per heavy atom. The molecule has 0 unspecified atom stereocenters. The lowest BCUT2D eigenvalue weighted by Gasteiger charge is -2.02. The van der Waals surface area contributed by atoms with Crippen molar-refractivity contribution in [3.63, 3.8) is 0 Å². The van der Waals surface area contributed by atoms with Crippen LogP contribution in [0, 0.1) is 0 Å². The van der Waals surface area contributed by atoms with Gasteiger partial charge in [-0.25, -0.2) is 5.11 Å². The van der Waals surface area contributed by atoms with E-state index in [1.807, 2.05) is 0 Å². The summed E-state index contributed by atoms with van der Waals surface area (Å²) in [5, 5.41) is 9.88. The van der Waals surface area contributed by atoms with Crippen molar-refractivity contribution >= 4 is 0 Å². The van der Waals surface area contributed by atoms with Crippen molar-refractivity contribution in [2.75, 3.05) is 46.8 Å². The zero-order valence-electron chi connectivity index (χ0n) is 6.88. The van der Waals surface area contributed by atoms with Gasteiger partial charge < -0.3 is 14.2 Å². The SMILES string of the molecule is COCCOCCOCC[O]. The summed E-state index contributed by atoms with van der Waals surface area (Å²) in [5.41, 5.74) is 0. The molecule has 0 amide bonds. The standard InChI is InChI=1S/C7H15O4/c1-9-4-5-11-7-6-10-3-2-8/h2-7H2,1H3. The maximum Gasteiger partial charge on any atom is 0.106 e. The van der Waals surface area contributed by atoms with Crippen LogP contribution in [-0.4, -0.2) is 46.8 Å². The number of ether oxygens (including phenoxy) is 3. The van der Waals surface area contributed by atoms with Crippen LogP contribution >= 0.6 is 0 Å². The molecule has 0 saturated carbocycles. The molecule has 0 aliphatic heterocycles. The molecule has 4 nitrogen and oxygen atoms in total. The van der Waals surface area contributed by atoms with Gasteiger partial charge in [0, 0.05) is 7.11 Å². The summed E-state index contributed by atoms with van der Waals surface area (Å²) in [6, 6.07) is 0. The molecule has 1 radical (unpaired) electrons. The van der Waals surface area contributed by atoms with Gasteiger partial charge in [-0.2, -0.15) is 0 Å². The molecule has 0 heterocycles. The van der Waals surface area contributed by atoms with Crippen molar-refractivity contribution < 1.29 is 19.3 Å². The van der Waals surface area contributed by atoms with Crippen LogP contribution in [0.25, 0.3) is 0 Å². The van der Waals surface area contributed by atoms with Crippen LogP contribution in [0.1, 0.15) is 0 Å². The number of rotatable bonds is 8. The molecule has 0 spiro atoms. The zero-order chi connectivity index (χ0) is 8.36. The van der Waals surface area contributed by atoms with Gasteiger partial charge in [-0.1, -0.05) is 0 Å². The Bertz CT molecular complexity index is 59.5. The lowest BCUT2D eigenvalue weighted by molar-refractivity contribution is 0.00793. The fraction of sp³-hybridized carbons (Fsp3) is 1.00. The second kappa shape index (κ2) is 9.84. The average Bonchev–Trinajstić information content (AvgIpc) is 2.03. The summed E-state index contributed by atoms with van der Waals surface area (Å²) in [4.78, 5) is 0. The summed E-state index contributed by atoms with van der Waals surface area (Å²) in [7, 11) is 1.62. The van der Waals surface area contributed by atoms with E-state index in [0.29, 0.717) is 26.4 Å². The minimum Gasteiger partial charge on any atom is -0.382 e. The highest BCUT2D eigenvalue weighted by Crippen LogP contribution is 1.78. The Morgan fingerprint density at radius 3 is 2.00 bits per heavy atom. The maximum atomic E-state index is 9.88. The monoisotopic (exact) mass is 163 g/mol.